The molecule has 26 heavy (non-hydrogen) atoms. The molecule has 0 aliphatic rings. The van der Waals surface area contributed by atoms with E-state index in [0.29, 0.717) is 16.7 Å². The smallest absolute Gasteiger partial charge is 0.258 e. The number of nitrogens with one attached hydrogen (secondary N) is 2. The number of nitrogens with zero attached hydrogens (tertiary/aromatic N) is 1. The number of para-hydroxylation sites is 1. The summed E-state index contributed by atoms with van der Waals surface area (Å²) in [5.41, 5.74) is 1.53. The summed E-state index contributed by atoms with van der Waals surface area (Å²) in [5, 5.41) is 4.05. The minimum absolute atomic E-state index is 0.0353. The third-order valence-electron chi connectivity index (χ3n) is 4.44. The van der Waals surface area contributed by atoms with E-state index in [9.17, 15) is 4.79 Å². The zero-order chi connectivity index (χ0) is 18.7. The lowest BCUT2D eigenvalue weighted by Crippen LogP contribution is -2.26. The number of benzene rings is 2. The molecule has 0 aliphatic carbocycles. The van der Waals surface area contributed by atoms with E-state index < -0.39 is 0 Å². The van der Waals surface area contributed by atoms with Crippen molar-refractivity contribution in [2.45, 2.75) is 25.9 Å². The van der Waals surface area contributed by atoms with Crippen LogP contribution in [-0.4, -0.2) is 24.2 Å². The van der Waals surface area contributed by atoms with Crippen LogP contribution in [0.4, 0.5) is 0 Å². The fraction of sp³-hybridized carbons (Fsp3) is 0.300. The second-order valence-electron chi connectivity index (χ2n) is 6.19. The Kier molecular flexibility index (Phi) is 5.23. The Hall–Kier alpha value is -2.86. The van der Waals surface area contributed by atoms with Crippen molar-refractivity contribution >= 4 is 10.9 Å². The van der Waals surface area contributed by atoms with Gasteiger partial charge in [0.1, 0.15) is 17.3 Å². The Morgan fingerprint density at radius 3 is 2.54 bits per heavy atom. The predicted molar refractivity (Wildman–Crippen MR) is 102 cm³/mol. The van der Waals surface area contributed by atoms with Gasteiger partial charge in [-0.2, -0.15) is 0 Å². The molecule has 3 rings (SSSR count). The Labute approximate surface area is 152 Å². The van der Waals surface area contributed by atoms with Gasteiger partial charge in [-0.25, -0.2) is 4.98 Å². The molecule has 2 N–H and O–H groups in total. The molecule has 0 saturated heterocycles. The zero-order valence-electron chi connectivity index (χ0n) is 15.4. The van der Waals surface area contributed by atoms with Gasteiger partial charge in [-0.1, -0.05) is 12.1 Å². The average Bonchev–Trinajstić information content (AvgIpc) is 2.67. The van der Waals surface area contributed by atoms with E-state index in [1.807, 2.05) is 50.2 Å². The first-order valence-corrected chi connectivity index (χ1v) is 8.50. The molecule has 136 valence electrons. The molecule has 2 aromatic carbocycles. The summed E-state index contributed by atoms with van der Waals surface area (Å²) >= 11 is 0. The highest BCUT2D eigenvalue weighted by Crippen LogP contribution is 2.30. The quantitative estimate of drug-likeness (QED) is 0.711. The van der Waals surface area contributed by atoms with Crippen molar-refractivity contribution in [1.82, 2.24) is 15.3 Å². The summed E-state index contributed by atoms with van der Waals surface area (Å²) in [6, 6.07) is 12.8. The number of hydrogen-bond acceptors (Lipinski definition) is 5. The number of fused-ring (bicyclic) bond motifs is 1. The summed E-state index contributed by atoms with van der Waals surface area (Å²) in [7, 11) is 3.28. The van der Waals surface area contributed by atoms with E-state index in [1.165, 1.54) is 0 Å². The number of aromatic amines is 1. The Morgan fingerprint density at radius 2 is 1.81 bits per heavy atom. The first-order chi connectivity index (χ1) is 12.5. The van der Waals surface area contributed by atoms with Gasteiger partial charge in [0.25, 0.3) is 5.56 Å². The van der Waals surface area contributed by atoms with Crippen LogP contribution in [-0.2, 0) is 0 Å². The van der Waals surface area contributed by atoms with Crippen LogP contribution in [0.1, 0.15) is 37.3 Å². The first-order valence-electron chi connectivity index (χ1n) is 8.50. The maximum absolute atomic E-state index is 12.3. The highest BCUT2D eigenvalue weighted by molar-refractivity contribution is 5.77. The fourth-order valence-corrected chi connectivity index (χ4v) is 3.03. The van der Waals surface area contributed by atoms with Crippen molar-refractivity contribution in [3.05, 3.63) is 64.2 Å². The van der Waals surface area contributed by atoms with E-state index in [-0.39, 0.29) is 17.6 Å². The van der Waals surface area contributed by atoms with Crippen molar-refractivity contribution in [1.29, 1.82) is 0 Å². The van der Waals surface area contributed by atoms with Crippen molar-refractivity contribution < 1.29 is 9.47 Å². The van der Waals surface area contributed by atoms with Crippen LogP contribution in [0.2, 0.25) is 0 Å². The molecular weight excluding hydrogens is 330 g/mol. The van der Waals surface area contributed by atoms with Gasteiger partial charge in [0, 0.05) is 11.6 Å². The SMILES string of the molecule is COc1ccc(OC)c([C@@H](C)N[C@H](C)c2nc3ccccc3c(=O)[nH]2)c1. The molecule has 3 aromatic rings. The molecule has 0 saturated carbocycles. The standard InChI is InChI=1S/C20H23N3O3/c1-12(16-11-14(25-3)9-10-18(16)26-4)21-13(2)19-22-17-8-6-5-7-15(17)20(24)23-19/h5-13,21H,1-4H3,(H,22,23,24)/t12-,13-/m1/s1. The molecule has 0 radical (unpaired) electrons. The highest BCUT2D eigenvalue weighted by atomic mass is 16.5. The summed E-state index contributed by atoms with van der Waals surface area (Å²) in [5.74, 6) is 2.14. The van der Waals surface area contributed by atoms with E-state index in [2.05, 4.69) is 15.3 Å². The maximum atomic E-state index is 12.3. The predicted octanol–water partition coefficient (Wildman–Crippen LogP) is 3.35. The van der Waals surface area contributed by atoms with Gasteiger partial charge < -0.3 is 19.8 Å². The van der Waals surface area contributed by atoms with Crippen LogP contribution in [0.15, 0.2) is 47.3 Å². The molecule has 0 amide bonds. The Balaban J connectivity index is 1.88. The zero-order valence-corrected chi connectivity index (χ0v) is 15.4. The Bertz CT molecular complexity index is 968. The van der Waals surface area contributed by atoms with Crippen molar-refractivity contribution in [3.8, 4) is 11.5 Å². The minimum atomic E-state index is -0.154. The van der Waals surface area contributed by atoms with Gasteiger partial charge in [0.2, 0.25) is 0 Å². The third kappa shape index (κ3) is 3.55. The van der Waals surface area contributed by atoms with Crippen LogP contribution < -0.4 is 20.3 Å². The summed E-state index contributed by atoms with van der Waals surface area (Å²) in [4.78, 5) is 19.7. The largest absolute Gasteiger partial charge is 0.497 e. The summed E-state index contributed by atoms with van der Waals surface area (Å²) < 4.78 is 10.8. The molecule has 1 heterocycles. The first kappa shape index (κ1) is 17.9. The van der Waals surface area contributed by atoms with Crippen LogP contribution in [0, 0.1) is 0 Å². The second kappa shape index (κ2) is 7.58. The lowest BCUT2D eigenvalue weighted by molar-refractivity contribution is 0.386. The number of ether oxygens (including phenoxy) is 2. The summed E-state index contributed by atoms with van der Waals surface area (Å²) in [6.07, 6.45) is 0. The summed E-state index contributed by atoms with van der Waals surface area (Å²) in [6.45, 7) is 4.00. The lowest BCUT2D eigenvalue weighted by Gasteiger charge is -2.22. The van der Waals surface area contributed by atoms with Crippen LogP contribution in [0.3, 0.4) is 0 Å². The van der Waals surface area contributed by atoms with Gasteiger partial charge in [-0.15, -0.1) is 0 Å². The van der Waals surface area contributed by atoms with E-state index in [0.717, 1.165) is 17.1 Å². The Morgan fingerprint density at radius 1 is 1.04 bits per heavy atom. The van der Waals surface area contributed by atoms with Crippen LogP contribution >= 0.6 is 0 Å². The molecule has 0 aliphatic heterocycles. The molecule has 0 fully saturated rings. The number of methoxy groups -OCH3 is 2. The highest BCUT2D eigenvalue weighted by Gasteiger charge is 2.18. The number of rotatable bonds is 6. The molecule has 0 bridgehead atoms. The molecule has 0 unspecified atom stereocenters. The number of hydrogen-bond donors (Lipinski definition) is 2. The van der Waals surface area contributed by atoms with Gasteiger partial charge in [0.15, 0.2) is 0 Å². The van der Waals surface area contributed by atoms with Gasteiger partial charge >= 0.3 is 0 Å². The number of H-pyrrole nitrogens is 1. The van der Waals surface area contributed by atoms with Crippen molar-refractivity contribution in [2.75, 3.05) is 14.2 Å². The van der Waals surface area contributed by atoms with Gasteiger partial charge in [0.05, 0.1) is 31.2 Å². The van der Waals surface area contributed by atoms with Crippen molar-refractivity contribution in [2.24, 2.45) is 0 Å². The molecule has 6 nitrogen and oxygen atoms in total. The molecular formula is C20H23N3O3. The van der Waals surface area contributed by atoms with E-state index in [4.69, 9.17) is 9.47 Å². The monoisotopic (exact) mass is 353 g/mol. The minimum Gasteiger partial charge on any atom is -0.497 e. The fourth-order valence-electron chi connectivity index (χ4n) is 3.03. The van der Waals surface area contributed by atoms with E-state index >= 15 is 0 Å². The van der Waals surface area contributed by atoms with Gasteiger partial charge in [-0.3, -0.25) is 4.79 Å². The third-order valence-corrected chi connectivity index (χ3v) is 4.44. The van der Waals surface area contributed by atoms with E-state index in [1.54, 1.807) is 20.3 Å². The molecule has 6 heteroatoms. The molecule has 0 spiro atoms. The normalized spacial score (nSPS) is 13.4. The molecule has 1 aromatic heterocycles. The molecule has 2 atom stereocenters. The second-order valence-corrected chi connectivity index (χ2v) is 6.19. The lowest BCUT2D eigenvalue weighted by atomic mass is 10.1. The van der Waals surface area contributed by atoms with Gasteiger partial charge in [-0.05, 0) is 44.2 Å². The van der Waals surface area contributed by atoms with Crippen LogP contribution in [0.5, 0.6) is 11.5 Å². The van der Waals surface area contributed by atoms with Crippen molar-refractivity contribution in [3.63, 3.8) is 0 Å². The van der Waals surface area contributed by atoms with Crippen LogP contribution in [0.25, 0.3) is 10.9 Å². The number of aromatic nitrogens is 2. The average molecular weight is 353 g/mol. The topological polar surface area (TPSA) is 76.2 Å². The maximum Gasteiger partial charge on any atom is 0.258 e.